The van der Waals surface area contributed by atoms with Crippen molar-refractivity contribution < 1.29 is 23.9 Å². The van der Waals surface area contributed by atoms with E-state index in [9.17, 15) is 14.4 Å². The van der Waals surface area contributed by atoms with Gasteiger partial charge in [-0.05, 0) is 67.3 Å². The minimum absolute atomic E-state index is 0.0186. The maximum atomic E-state index is 13.4. The number of benzene rings is 1. The molecule has 1 aliphatic carbocycles. The Morgan fingerprint density at radius 2 is 2.00 bits per heavy atom. The van der Waals surface area contributed by atoms with E-state index in [1.54, 1.807) is 30.1 Å². The van der Waals surface area contributed by atoms with Crippen LogP contribution in [0.2, 0.25) is 0 Å². The third-order valence-electron chi connectivity index (χ3n) is 6.73. The summed E-state index contributed by atoms with van der Waals surface area (Å²) in [5, 5.41) is 11.1. The van der Waals surface area contributed by atoms with Gasteiger partial charge >= 0.3 is 6.03 Å². The highest BCUT2D eigenvalue weighted by molar-refractivity contribution is 7.14. The molecule has 2 fully saturated rings. The Morgan fingerprint density at radius 3 is 2.77 bits per heavy atom. The number of fused-ring (bicyclic) bond motifs is 2. The molecule has 1 aromatic carbocycles. The Morgan fingerprint density at radius 1 is 1.14 bits per heavy atom. The fourth-order valence-electron chi connectivity index (χ4n) is 4.59. The lowest BCUT2D eigenvalue weighted by Crippen LogP contribution is -2.54. The van der Waals surface area contributed by atoms with Crippen LogP contribution in [0.15, 0.2) is 35.7 Å². The molecule has 3 N–H and O–H groups in total. The number of urea groups is 1. The first-order valence-electron chi connectivity index (χ1n) is 12.0. The van der Waals surface area contributed by atoms with Gasteiger partial charge < -0.3 is 25.0 Å². The number of hydrogen-bond donors (Lipinski definition) is 3. The standard InChI is InChI=1S/C25H30N4O5S/c1-29-19-8-7-17(12-22(30)26-13-15-4-5-15)34-21(19)14-33-20-9-6-16(11-18(20)24(29)31)27-25(32)28-23-3-2-10-35-23/h2-3,6,9-11,15,17,19,21H,4-5,7-8,12-14H2,1H3,(H,26,30)(H2,27,28,32)/t17-,19+,21-/m1/s1. The predicted octanol–water partition coefficient (Wildman–Crippen LogP) is 3.69. The van der Waals surface area contributed by atoms with E-state index in [1.807, 2.05) is 17.5 Å². The average molecular weight is 499 g/mol. The number of hydrogen-bond acceptors (Lipinski definition) is 6. The molecule has 1 aromatic heterocycles. The van der Waals surface area contributed by atoms with Gasteiger partial charge in [0.15, 0.2) is 0 Å². The fourth-order valence-corrected chi connectivity index (χ4v) is 5.20. The summed E-state index contributed by atoms with van der Waals surface area (Å²) >= 11 is 1.42. The normalized spacial score (nSPS) is 23.7. The number of carbonyl (C=O) groups excluding carboxylic acids is 3. The fraction of sp³-hybridized carbons (Fsp3) is 0.480. The quantitative estimate of drug-likeness (QED) is 0.563. The minimum atomic E-state index is -0.382. The maximum absolute atomic E-state index is 13.4. The van der Waals surface area contributed by atoms with Crippen molar-refractivity contribution in [2.24, 2.45) is 5.92 Å². The van der Waals surface area contributed by atoms with Gasteiger partial charge in [0.05, 0.1) is 29.1 Å². The molecule has 2 aliphatic heterocycles. The predicted molar refractivity (Wildman–Crippen MR) is 133 cm³/mol. The molecule has 1 saturated carbocycles. The van der Waals surface area contributed by atoms with Crippen molar-refractivity contribution in [2.45, 2.75) is 50.4 Å². The molecule has 35 heavy (non-hydrogen) atoms. The third kappa shape index (κ3) is 5.76. The number of thiophene rings is 1. The van der Waals surface area contributed by atoms with E-state index in [4.69, 9.17) is 9.47 Å². The second-order valence-electron chi connectivity index (χ2n) is 9.39. The summed E-state index contributed by atoms with van der Waals surface area (Å²) in [6, 6.07) is 8.16. The van der Waals surface area contributed by atoms with Crippen LogP contribution in [0.1, 0.15) is 42.5 Å². The second kappa shape index (κ2) is 10.2. The SMILES string of the molecule is CN1C(=O)c2cc(NC(=O)Nc3cccs3)ccc2OC[C@H]2O[C@@H](CC(=O)NCC3CC3)CC[C@@H]21. The van der Waals surface area contributed by atoms with E-state index in [2.05, 4.69) is 16.0 Å². The van der Waals surface area contributed by atoms with Crippen LogP contribution in [0.4, 0.5) is 15.5 Å². The van der Waals surface area contributed by atoms with Crippen molar-refractivity contribution in [2.75, 3.05) is 30.8 Å². The number of carbonyl (C=O) groups is 3. The van der Waals surface area contributed by atoms with Crippen molar-refractivity contribution in [1.82, 2.24) is 10.2 Å². The van der Waals surface area contributed by atoms with Crippen LogP contribution in [-0.4, -0.2) is 61.2 Å². The van der Waals surface area contributed by atoms with Crippen LogP contribution < -0.4 is 20.7 Å². The second-order valence-corrected chi connectivity index (χ2v) is 10.3. The molecule has 9 nitrogen and oxygen atoms in total. The molecular weight excluding hydrogens is 468 g/mol. The zero-order chi connectivity index (χ0) is 24.4. The number of amides is 4. The van der Waals surface area contributed by atoms with E-state index >= 15 is 0 Å². The zero-order valence-electron chi connectivity index (χ0n) is 19.6. The first kappa shape index (κ1) is 23.6. The molecular formula is C25H30N4O5S. The van der Waals surface area contributed by atoms with E-state index in [0.29, 0.717) is 35.8 Å². The first-order valence-corrected chi connectivity index (χ1v) is 12.9. The molecule has 4 amide bonds. The number of anilines is 2. The maximum Gasteiger partial charge on any atom is 0.324 e. The van der Waals surface area contributed by atoms with Crippen LogP contribution in [0.5, 0.6) is 5.75 Å². The highest BCUT2D eigenvalue weighted by atomic mass is 32.1. The Kier molecular flexibility index (Phi) is 6.92. The lowest BCUT2D eigenvalue weighted by atomic mass is 9.94. The summed E-state index contributed by atoms with van der Waals surface area (Å²) in [5.74, 6) is 0.907. The van der Waals surface area contributed by atoms with Crippen molar-refractivity contribution in [3.8, 4) is 5.75 Å². The van der Waals surface area contributed by atoms with E-state index in [0.717, 1.165) is 18.0 Å². The average Bonchev–Trinajstić information content (AvgIpc) is 3.54. The minimum Gasteiger partial charge on any atom is -0.490 e. The van der Waals surface area contributed by atoms with Crippen molar-refractivity contribution in [3.63, 3.8) is 0 Å². The van der Waals surface area contributed by atoms with Gasteiger partial charge in [0.25, 0.3) is 5.91 Å². The summed E-state index contributed by atoms with van der Waals surface area (Å²) in [5.41, 5.74) is 0.888. The van der Waals surface area contributed by atoms with Crippen LogP contribution in [0.3, 0.4) is 0 Å². The number of likely N-dealkylation sites (N-methyl/N-ethyl adjacent to an activating group) is 1. The van der Waals surface area contributed by atoms with Crippen molar-refractivity contribution >= 4 is 39.9 Å². The highest BCUT2D eigenvalue weighted by Crippen LogP contribution is 2.33. The topological polar surface area (TPSA) is 109 Å². The van der Waals surface area contributed by atoms with E-state index < -0.39 is 0 Å². The van der Waals surface area contributed by atoms with Crippen molar-refractivity contribution in [1.29, 1.82) is 0 Å². The van der Waals surface area contributed by atoms with Gasteiger partial charge in [-0.2, -0.15) is 0 Å². The summed E-state index contributed by atoms with van der Waals surface area (Å²) in [7, 11) is 1.77. The lowest BCUT2D eigenvalue weighted by Gasteiger charge is -2.42. The molecule has 3 aliphatic rings. The molecule has 0 radical (unpaired) electrons. The Bertz CT molecular complexity index is 1090. The Hall–Kier alpha value is -3.11. The van der Waals surface area contributed by atoms with Crippen LogP contribution in [-0.2, 0) is 9.53 Å². The third-order valence-corrected chi connectivity index (χ3v) is 7.51. The number of ether oxygens (including phenoxy) is 2. The van der Waals surface area contributed by atoms with E-state index in [1.165, 1.54) is 24.2 Å². The highest BCUT2D eigenvalue weighted by Gasteiger charge is 2.39. The summed E-state index contributed by atoms with van der Waals surface area (Å²) in [6.07, 6.45) is 3.65. The molecule has 5 rings (SSSR count). The lowest BCUT2D eigenvalue weighted by molar-refractivity contribution is -0.134. The smallest absolute Gasteiger partial charge is 0.324 e. The summed E-state index contributed by atoms with van der Waals surface area (Å²) in [6.45, 7) is 1.03. The monoisotopic (exact) mass is 498 g/mol. The molecule has 1 saturated heterocycles. The number of nitrogens with one attached hydrogen (secondary N) is 3. The Labute approximate surface area is 208 Å². The molecule has 0 bridgehead atoms. The zero-order valence-corrected chi connectivity index (χ0v) is 20.4. The van der Waals surface area contributed by atoms with Gasteiger partial charge in [0.1, 0.15) is 18.5 Å². The van der Waals surface area contributed by atoms with Gasteiger partial charge in [-0.3, -0.25) is 14.9 Å². The first-order chi connectivity index (χ1) is 17.0. The summed E-state index contributed by atoms with van der Waals surface area (Å²) < 4.78 is 12.2. The molecule has 2 aromatic rings. The van der Waals surface area contributed by atoms with Crippen LogP contribution >= 0.6 is 11.3 Å². The van der Waals surface area contributed by atoms with Gasteiger partial charge in [0, 0.05) is 19.3 Å². The largest absolute Gasteiger partial charge is 0.490 e. The van der Waals surface area contributed by atoms with Gasteiger partial charge in [-0.1, -0.05) is 0 Å². The van der Waals surface area contributed by atoms with Crippen LogP contribution in [0, 0.1) is 5.92 Å². The number of nitrogens with zero attached hydrogens (tertiary/aromatic N) is 1. The molecule has 10 heteroatoms. The number of rotatable bonds is 6. The molecule has 186 valence electrons. The molecule has 3 heterocycles. The molecule has 3 atom stereocenters. The molecule has 0 unspecified atom stereocenters. The van der Waals surface area contributed by atoms with Gasteiger partial charge in [-0.15, -0.1) is 11.3 Å². The molecule has 0 spiro atoms. The van der Waals surface area contributed by atoms with E-state index in [-0.39, 0.29) is 42.7 Å². The van der Waals surface area contributed by atoms with Gasteiger partial charge in [0.2, 0.25) is 5.91 Å². The van der Waals surface area contributed by atoms with Gasteiger partial charge in [-0.25, -0.2) is 4.79 Å². The van der Waals surface area contributed by atoms with Crippen molar-refractivity contribution in [3.05, 3.63) is 41.3 Å². The summed E-state index contributed by atoms with van der Waals surface area (Å²) in [4.78, 5) is 39.6. The Balaban J connectivity index is 1.23. The van der Waals surface area contributed by atoms with Crippen LogP contribution in [0.25, 0.3) is 0 Å².